The Morgan fingerprint density at radius 2 is 1.85 bits per heavy atom. The van der Waals surface area contributed by atoms with Crippen molar-refractivity contribution < 1.29 is 28.3 Å². The Morgan fingerprint density at radius 1 is 1.09 bits per heavy atom. The van der Waals surface area contributed by atoms with Crippen LogP contribution in [0, 0.1) is 6.92 Å². The van der Waals surface area contributed by atoms with Crippen LogP contribution in [0.15, 0.2) is 39.5 Å². The van der Waals surface area contributed by atoms with Crippen molar-refractivity contribution in [2.75, 3.05) is 6.61 Å². The van der Waals surface area contributed by atoms with Crippen molar-refractivity contribution in [3.63, 3.8) is 0 Å². The average Bonchev–Trinajstić information content (AvgIpc) is 3.54. The minimum atomic E-state index is -0.733. The van der Waals surface area contributed by atoms with E-state index >= 15 is 0 Å². The highest BCUT2D eigenvalue weighted by Crippen LogP contribution is 2.41. The van der Waals surface area contributed by atoms with Crippen LogP contribution in [0.3, 0.4) is 0 Å². The second-order valence-corrected chi connectivity index (χ2v) is 8.73. The van der Waals surface area contributed by atoms with Gasteiger partial charge in [0.2, 0.25) is 5.78 Å². The standard InChI is InChI=1S/C26H22O7/c1-4-5-9-19(28)32-17-8-6-7-14-21(17)24(30)22-15(23(14)29)10-13(2)20-16(27)11-18(33-25(20)22)26(3)12-31-26/h6-8,10-11H,4-5,9,12H2,1-3H3. The van der Waals surface area contributed by atoms with E-state index in [-0.39, 0.29) is 50.8 Å². The van der Waals surface area contributed by atoms with E-state index in [0.29, 0.717) is 24.4 Å². The maximum Gasteiger partial charge on any atom is 0.311 e. The zero-order valence-electron chi connectivity index (χ0n) is 18.6. The van der Waals surface area contributed by atoms with Gasteiger partial charge in [-0.1, -0.05) is 25.5 Å². The fourth-order valence-corrected chi connectivity index (χ4v) is 4.25. The van der Waals surface area contributed by atoms with Crippen LogP contribution in [0.4, 0.5) is 0 Å². The number of epoxide rings is 1. The first kappa shape index (κ1) is 21.3. The van der Waals surface area contributed by atoms with Gasteiger partial charge in [0.1, 0.15) is 22.7 Å². The SMILES string of the molecule is CCCCC(=O)Oc1cccc2c1C(=O)c1c(cc(C)c3c(=O)cc(C4(C)CO4)oc13)C2=O. The Morgan fingerprint density at radius 3 is 2.55 bits per heavy atom. The third-order valence-corrected chi connectivity index (χ3v) is 6.23. The molecule has 1 atom stereocenters. The second-order valence-electron chi connectivity index (χ2n) is 8.73. The summed E-state index contributed by atoms with van der Waals surface area (Å²) < 4.78 is 16.9. The fourth-order valence-electron chi connectivity index (χ4n) is 4.25. The predicted molar refractivity (Wildman–Crippen MR) is 119 cm³/mol. The number of aryl methyl sites for hydroxylation is 1. The van der Waals surface area contributed by atoms with Crippen molar-refractivity contribution in [3.8, 4) is 5.75 Å². The molecule has 0 bridgehead atoms. The summed E-state index contributed by atoms with van der Waals surface area (Å²) in [4.78, 5) is 52.4. The molecule has 1 aromatic heterocycles. The van der Waals surface area contributed by atoms with E-state index in [0.717, 1.165) is 6.42 Å². The molecule has 0 radical (unpaired) electrons. The molecule has 1 unspecified atom stereocenters. The molecule has 2 aliphatic rings. The lowest BCUT2D eigenvalue weighted by Gasteiger charge is -2.21. The Balaban J connectivity index is 1.73. The van der Waals surface area contributed by atoms with Gasteiger partial charge in [0, 0.05) is 23.6 Å². The number of rotatable bonds is 5. The first-order valence-corrected chi connectivity index (χ1v) is 10.9. The number of carbonyl (C=O) groups excluding carboxylic acids is 3. The molecule has 168 valence electrons. The number of hydrogen-bond acceptors (Lipinski definition) is 7. The van der Waals surface area contributed by atoms with Gasteiger partial charge in [-0.2, -0.15) is 0 Å². The van der Waals surface area contributed by atoms with Gasteiger partial charge in [0.25, 0.3) is 0 Å². The van der Waals surface area contributed by atoms with Crippen LogP contribution in [0.25, 0.3) is 11.0 Å². The van der Waals surface area contributed by atoms with Crippen molar-refractivity contribution in [1.29, 1.82) is 0 Å². The zero-order valence-corrected chi connectivity index (χ0v) is 18.6. The minimum Gasteiger partial charge on any atom is -0.457 e. The van der Waals surface area contributed by atoms with E-state index in [1.165, 1.54) is 18.2 Å². The monoisotopic (exact) mass is 446 g/mol. The smallest absolute Gasteiger partial charge is 0.311 e. The minimum absolute atomic E-state index is 0.00642. The van der Waals surface area contributed by atoms with Crippen LogP contribution in [-0.2, 0) is 15.1 Å². The zero-order chi connectivity index (χ0) is 23.5. The van der Waals surface area contributed by atoms with Crippen molar-refractivity contribution in [3.05, 3.63) is 74.1 Å². The van der Waals surface area contributed by atoms with Crippen LogP contribution >= 0.6 is 0 Å². The van der Waals surface area contributed by atoms with Gasteiger partial charge in [-0.05, 0) is 38.0 Å². The average molecular weight is 446 g/mol. The number of fused-ring (bicyclic) bond motifs is 4. The number of hydrogen-bond donors (Lipinski definition) is 0. The fraction of sp³-hybridized carbons (Fsp3) is 0.308. The Labute approximate surface area is 189 Å². The molecule has 5 rings (SSSR count). The molecule has 1 aliphatic heterocycles. The molecule has 0 saturated carbocycles. The molecule has 33 heavy (non-hydrogen) atoms. The molecular weight excluding hydrogens is 424 g/mol. The van der Waals surface area contributed by atoms with Crippen LogP contribution in [0.2, 0.25) is 0 Å². The lowest BCUT2D eigenvalue weighted by Crippen LogP contribution is -2.24. The normalized spacial score (nSPS) is 18.8. The topological polar surface area (TPSA) is 103 Å². The number of ether oxygens (including phenoxy) is 2. The van der Waals surface area contributed by atoms with E-state index < -0.39 is 23.1 Å². The van der Waals surface area contributed by atoms with Crippen LogP contribution in [0.1, 0.15) is 76.3 Å². The van der Waals surface area contributed by atoms with E-state index in [9.17, 15) is 19.2 Å². The van der Waals surface area contributed by atoms with E-state index in [4.69, 9.17) is 13.9 Å². The Bertz CT molecular complexity index is 1420. The molecule has 7 heteroatoms. The first-order valence-electron chi connectivity index (χ1n) is 10.9. The number of carbonyl (C=O) groups is 3. The maximum absolute atomic E-state index is 13.7. The highest BCUT2D eigenvalue weighted by Gasteiger charge is 2.45. The number of unbranched alkanes of at least 4 members (excludes halogenated alkanes) is 1. The van der Waals surface area contributed by atoms with E-state index in [1.54, 1.807) is 26.0 Å². The summed E-state index contributed by atoms with van der Waals surface area (Å²) in [6.45, 7) is 5.84. The van der Waals surface area contributed by atoms with Gasteiger partial charge in [-0.3, -0.25) is 19.2 Å². The first-order chi connectivity index (χ1) is 15.7. The van der Waals surface area contributed by atoms with Gasteiger partial charge in [0.15, 0.2) is 11.2 Å². The van der Waals surface area contributed by atoms with Gasteiger partial charge in [-0.15, -0.1) is 0 Å². The molecule has 2 aromatic carbocycles. The van der Waals surface area contributed by atoms with Gasteiger partial charge < -0.3 is 13.9 Å². The Hall–Kier alpha value is -3.58. The van der Waals surface area contributed by atoms with Gasteiger partial charge >= 0.3 is 5.97 Å². The van der Waals surface area contributed by atoms with Crippen LogP contribution in [0.5, 0.6) is 5.75 Å². The number of benzene rings is 2. The lowest BCUT2D eigenvalue weighted by atomic mass is 9.81. The molecule has 0 spiro atoms. The van der Waals surface area contributed by atoms with Crippen molar-refractivity contribution >= 4 is 28.5 Å². The predicted octanol–water partition coefficient (Wildman–Crippen LogP) is 4.22. The van der Waals surface area contributed by atoms with E-state index in [2.05, 4.69) is 0 Å². The summed E-state index contributed by atoms with van der Waals surface area (Å²) in [5.74, 6) is -1.05. The second kappa shape index (κ2) is 7.49. The quantitative estimate of drug-likeness (QED) is 0.257. The molecule has 2 heterocycles. The molecule has 7 nitrogen and oxygen atoms in total. The molecule has 0 amide bonds. The van der Waals surface area contributed by atoms with Crippen LogP contribution in [-0.4, -0.2) is 24.1 Å². The molecule has 3 aromatic rings. The van der Waals surface area contributed by atoms with Gasteiger partial charge in [-0.25, -0.2) is 0 Å². The van der Waals surface area contributed by atoms with Crippen molar-refractivity contribution in [1.82, 2.24) is 0 Å². The van der Waals surface area contributed by atoms with Crippen LogP contribution < -0.4 is 10.2 Å². The largest absolute Gasteiger partial charge is 0.457 e. The Kier molecular flexibility index (Phi) is 4.83. The van der Waals surface area contributed by atoms with E-state index in [1.807, 2.05) is 6.92 Å². The summed E-state index contributed by atoms with van der Waals surface area (Å²) in [7, 11) is 0. The highest BCUT2D eigenvalue weighted by atomic mass is 16.6. The molecule has 1 fully saturated rings. The molecule has 1 aliphatic carbocycles. The molecule has 1 saturated heterocycles. The number of ketones is 2. The summed E-state index contributed by atoms with van der Waals surface area (Å²) >= 11 is 0. The third kappa shape index (κ3) is 3.31. The third-order valence-electron chi connectivity index (χ3n) is 6.23. The lowest BCUT2D eigenvalue weighted by molar-refractivity contribution is -0.134. The summed E-state index contributed by atoms with van der Waals surface area (Å²) in [5.41, 5.74) is -0.118. The van der Waals surface area contributed by atoms with Gasteiger partial charge in [0.05, 0.1) is 23.1 Å². The summed E-state index contributed by atoms with van der Waals surface area (Å²) in [6.07, 6.45) is 1.68. The summed E-state index contributed by atoms with van der Waals surface area (Å²) in [6, 6.07) is 7.53. The van der Waals surface area contributed by atoms with Crippen molar-refractivity contribution in [2.24, 2.45) is 0 Å². The maximum atomic E-state index is 13.7. The summed E-state index contributed by atoms with van der Waals surface area (Å²) in [5, 5.41) is 0.240. The highest BCUT2D eigenvalue weighted by molar-refractivity contribution is 6.32. The van der Waals surface area contributed by atoms with Crippen molar-refractivity contribution in [2.45, 2.75) is 45.6 Å². The molecule has 0 N–H and O–H groups in total. The molecular formula is C26H22O7. The number of esters is 1.